The number of rotatable bonds is 2. The Labute approximate surface area is 100 Å². The van der Waals surface area contributed by atoms with Crippen LogP contribution in [-0.4, -0.2) is 29.8 Å². The van der Waals surface area contributed by atoms with Crippen molar-refractivity contribution in [2.45, 2.75) is 6.92 Å². The number of ether oxygens (including phenoxy) is 1. The molecule has 3 rings (SSSR count). The van der Waals surface area contributed by atoms with Gasteiger partial charge in [0.15, 0.2) is 0 Å². The third kappa shape index (κ3) is 1.80. The van der Waals surface area contributed by atoms with E-state index in [4.69, 9.17) is 16.3 Å². The molecule has 0 unspecified atom stereocenters. The van der Waals surface area contributed by atoms with Crippen LogP contribution in [0.5, 0.6) is 11.8 Å². The van der Waals surface area contributed by atoms with Crippen LogP contribution in [0.2, 0.25) is 5.15 Å². The van der Waals surface area contributed by atoms with Gasteiger partial charge in [0.25, 0.3) is 5.78 Å². The summed E-state index contributed by atoms with van der Waals surface area (Å²) >= 11 is 5.85. The lowest BCUT2D eigenvalue weighted by Gasteiger charge is -2.03. The molecule has 17 heavy (non-hydrogen) atoms. The van der Waals surface area contributed by atoms with Gasteiger partial charge >= 0.3 is 0 Å². The molecule has 0 spiro atoms. The Hall–Kier alpha value is -2.15. The lowest BCUT2D eigenvalue weighted by atomic mass is 10.5. The van der Waals surface area contributed by atoms with Gasteiger partial charge in [-0.1, -0.05) is 11.6 Å². The van der Waals surface area contributed by atoms with Gasteiger partial charge in [0.2, 0.25) is 11.8 Å². The molecule has 0 aromatic carbocycles. The second-order valence-corrected chi connectivity index (χ2v) is 3.77. The Balaban J connectivity index is 2.07. The molecule has 0 bridgehead atoms. The number of nitrogens with one attached hydrogen (secondary N) is 1. The molecule has 0 saturated carbocycles. The Bertz CT molecular complexity index is 675. The van der Waals surface area contributed by atoms with E-state index in [1.807, 2.05) is 6.92 Å². The van der Waals surface area contributed by atoms with E-state index in [2.05, 4.69) is 25.3 Å². The van der Waals surface area contributed by atoms with Crippen molar-refractivity contribution in [1.29, 1.82) is 0 Å². The highest BCUT2D eigenvalue weighted by molar-refractivity contribution is 6.29. The second kappa shape index (κ2) is 3.70. The van der Waals surface area contributed by atoms with E-state index in [0.29, 0.717) is 17.5 Å². The number of hydrogen-bond acceptors (Lipinski definition) is 5. The lowest BCUT2D eigenvalue weighted by Crippen LogP contribution is -1.98. The van der Waals surface area contributed by atoms with Crippen molar-refractivity contribution < 1.29 is 4.74 Å². The predicted molar refractivity (Wildman–Crippen MR) is 59.2 cm³/mol. The SMILES string of the molecule is Cc1cc(Oc2cc(Cl)nc3ncnn23)n[nH]1. The topological polar surface area (TPSA) is 81.0 Å². The zero-order valence-corrected chi connectivity index (χ0v) is 9.51. The van der Waals surface area contributed by atoms with Crippen LogP contribution in [0.3, 0.4) is 0 Å². The van der Waals surface area contributed by atoms with Crippen LogP contribution in [0.1, 0.15) is 5.69 Å². The molecule has 3 aromatic rings. The van der Waals surface area contributed by atoms with Crippen molar-refractivity contribution in [3.8, 4) is 11.8 Å². The molecule has 8 heteroatoms. The van der Waals surface area contributed by atoms with Gasteiger partial charge < -0.3 is 4.74 Å². The summed E-state index contributed by atoms with van der Waals surface area (Å²) in [6, 6.07) is 3.31. The molecule has 0 amide bonds. The first kappa shape index (κ1) is 10.0. The maximum Gasteiger partial charge on any atom is 0.256 e. The number of aromatic amines is 1. The largest absolute Gasteiger partial charge is 0.419 e. The minimum Gasteiger partial charge on any atom is -0.419 e. The molecule has 0 aliphatic heterocycles. The summed E-state index contributed by atoms with van der Waals surface area (Å²) < 4.78 is 6.99. The highest BCUT2D eigenvalue weighted by Gasteiger charge is 2.09. The molecular formula is C9H7ClN6O. The zero-order chi connectivity index (χ0) is 11.8. The van der Waals surface area contributed by atoms with Gasteiger partial charge in [-0.05, 0) is 6.92 Å². The smallest absolute Gasteiger partial charge is 0.256 e. The quantitative estimate of drug-likeness (QED) is 0.699. The van der Waals surface area contributed by atoms with E-state index in [0.717, 1.165) is 5.69 Å². The number of halogens is 1. The van der Waals surface area contributed by atoms with E-state index in [9.17, 15) is 0 Å². The molecule has 1 N–H and O–H groups in total. The molecule has 0 aliphatic rings. The molecule has 3 aromatic heterocycles. The molecular weight excluding hydrogens is 244 g/mol. The fourth-order valence-electron chi connectivity index (χ4n) is 1.38. The predicted octanol–water partition coefficient (Wildman–Crippen LogP) is 1.60. The number of fused-ring (bicyclic) bond motifs is 1. The first-order valence-corrected chi connectivity index (χ1v) is 5.16. The van der Waals surface area contributed by atoms with Crippen LogP contribution in [0.15, 0.2) is 18.5 Å². The van der Waals surface area contributed by atoms with Crippen LogP contribution in [0.4, 0.5) is 0 Å². The number of hydrogen-bond donors (Lipinski definition) is 1. The van der Waals surface area contributed by atoms with Crippen molar-refractivity contribution in [1.82, 2.24) is 29.8 Å². The molecule has 0 fully saturated rings. The fraction of sp³-hybridized carbons (Fsp3) is 0.111. The normalized spacial score (nSPS) is 10.9. The Morgan fingerprint density at radius 2 is 2.29 bits per heavy atom. The Morgan fingerprint density at radius 3 is 3.06 bits per heavy atom. The highest BCUT2D eigenvalue weighted by atomic mass is 35.5. The average molecular weight is 251 g/mol. The van der Waals surface area contributed by atoms with Crippen LogP contribution in [-0.2, 0) is 0 Å². The van der Waals surface area contributed by atoms with Crippen molar-refractivity contribution in [2.75, 3.05) is 0 Å². The number of aryl methyl sites for hydroxylation is 1. The van der Waals surface area contributed by atoms with Crippen LogP contribution in [0.25, 0.3) is 5.78 Å². The van der Waals surface area contributed by atoms with E-state index >= 15 is 0 Å². The summed E-state index contributed by atoms with van der Waals surface area (Å²) in [6.45, 7) is 1.88. The summed E-state index contributed by atoms with van der Waals surface area (Å²) in [6.07, 6.45) is 1.38. The maximum absolute atomic E-state index is 5.85. The van der Waals surface area contributed by atoms with Gasteiger partial charge in [-0.15, -0.1) is 5.10 Å². The molecule has 7 nitrogen and oxygen atoms in total. The second-order valence-electron chi connectivity index (χ2n) is 3.38. The molecule has 0 saturated heterocycles. The molecule has 86 valence electrons. The van der Waals surface area contributed by atoms with E-state index in [1.54, 1.807) is 12.1 Å². The molecule has 0 radical (unpaired) electrons. The van der Waals surface area contributed by atoms with Crippen molar-refractivity contribution in [3.05, 3.63) is 29.3 Å². The van der Waals surface area contributed by atoms with Crippen LogP contribution >= 0.6 is 11.6 Å². The van der Waals surface area contributed by atoms with Crippen molar-refractivity contribution >= 4 is 17.4 Å². The monoisotopic (exact) mass is 250 g/mol. The summed E-state index contributed by atoms with van der Waals surface area (Å²) in [4.78, 5) is 7.92. The van der Waals surface area contributed by atoms with E-state index in [-0.39, 0.29) is 5.15 Å². The van der Waals surface area contributed by atoms with Gasteiger partial charge in [-0.3, -0.25) is 5.10 Å². The van der Waals surface area contributed by atoms with Crippen LogP contribution < -0.4 is 4.74 Å². The maximum atomic E-state index is 5.85. The highest BCUT2D eigenvalue weighted by Crippen LogP contribution is 2.22. The Morgan fingerprint density at radius 1 is 1.41 bits per heavy atom. The number of H-pyrrole nitrogens is 1. The van der Waals surface area contributed by atoms with Gasteiger partial charge in [0.05, 0.1) is 0 Å². The zero-order valence-electron chi connectivity index (χ0n) is 8.75. The first-order valence-electron chi connectivity index (χ1n) is 4.78. The summed E-state index contributed by atoms with van der Waals surface area (Å²) in [5, 5.41) is 11.0. The van der Waals surface area contributed by atoms with E-state index < -0.39 is 0 Å². The summed E-state index contributed by atoms with van der Waals surface area (Å²) in [5.74, 6) is 1.21. The average Bonchev–Trinajstić information content (AvgIpc) is 2.87. The first-order chi connectivity index (χ1) is 8.22. The fourth-order valence-corrected chi connectivity index (χ4v) is 1.55. The standard InChI is InChI=1S/C9H7ClN6O/c1-5-2-7(15-14-5)17-8-3-6(10)13-9-11-4-12-16(8)9/h2-4H,1H3,(H,14,15). The molecule has 3 heterocycles. The van der Waals surface area contributed by atoms with Gasteiger partial charge in [-0.25, -0.2) is 0 Å². The number of nitrogens with zero attached hydrogens (tertiary/aromatic N) is 5. The van der Waals surface area contributed by atoms with Gasteiger partial charge in [0, 0.05) is 17.8 Å². The number of aromatic nitrogens is 6. The van der Waals surface area contributed by atoms with E-state index in [1.165, 1.54) is 10.8 Å². The van der Waals surface area contributed by atoms with Crippen molar-refractivity contribution in [2.24, 2.45) is 0 Å². The lowest BCUT2D eigenvalue weighted by molar-refractivity contribution is 0.428. The summed E-state index contributed by atoms with van der Waals surface area (Å²) in [7, 11) is 0. The van der Waals surface area contributed by atoms with Crippen LogP contribution in [0, 0.1) is 6.92 Å². The third-order valence-electron chi connectivity index (χ3n) is 2.08. The minimum absolute atomic E-state index is 0.285. The molecule has 0 aliphatic carbocycles. The van der Waals surface area contributed by atoms with Gasteiger partial charge in [-0.2, -0.15) is 19.6 Å². The van der Waals surface area contributed by atoms with Gasteiger partial charge in [0.1, 0.15) is 11.5 Å². The third-order valence-corrected chi connectivity index (χ3v) is 2.27. The molecule has 0 atom stereocenters. The van der Waals surface area contributed by atoms with Crippen molar-refractivity contribution in [3.63, 3.8) is 0 Å². The summed E-state index contributed by atoms with van der Waals surface area (Å²) in [5.41, 5.74) is 0.898. The Kier molecular flexibility index (Phi) is 2.19. The minimum atomic E-state index is 0.285.